The largest absolute Gasteiger partial charge is 0.294 e. The zero-order valence-electron chi connectivity index (χ0n) is 16.2. The van der Waals surface area contributed by atoms with Crippen molar-refractivity contribution in [1.82, 2.24) is 0 Å². The van der Waals surface area contributed by atoms with Crippen molar-refractivity contribution in [1.29, 1.82) is 0 Å². The van der Waals surface area contributed by atoms with Crippen molar-refractivity contribution in [3.63, 3.8) is 0 Å². The second-order valence-corrected chi connectivity index (χ2v) is 9.22. The second-order valence-electron chi connectivity index (χ2n) is 8.31. The first-order valence-electron chi connectivity index (χ1n) is 10.2. The molecule has 30 heavy (non-hydrogen) atoms. The van der Waals surface area contributed by atoms with Gasteiger partial charge in [0, 0.05) is 27.4 Å². The SMILES string of the molecule is O=C(c1ccc(Br)cc1)[C@H]1C[C@H]1c1ccc([C@H]2C[C@H]2C(=O)c2ccc(F)cc2)cc1. The van der Waals surface area contributed by atoms with Crippen LogP contribution in [0.25, 0.3) is 0 Å². The molecule has 0 unspecified atom stereocenters. The smallest absolute Gasteiger partial charge is 0.166 e. The number of rotatable bonds is 6. The van der Waals surface area contributed by atoms with Gasteiger partial charge < -0.3 is 0 Å². The monoisotopic (exact) mass is 462 g/mol. The first-order valence-corrected chi connectivity index (χ1v) is 11.0. The number of ketones is 2. The molecule has 5 rings (SSSR count). The summed E-state index contributed by atoms with van der Waals surface area (Å²) in [7, 11) is 0. The molecule has 2 aliphatic carbocycles. The van der Waals surface area contributed by atoms with E-state index < -0.39 is 0 Å². The Bertz CT molecular complexity index is 1010. The zero-order valence-corrected chi connectivity index (χ0v) is 17.8. The summed E-state index contributed by atoms with van der Waals surface area (Å²) in [6.07, 6.45) is 1.73. The van der Waals surface area contributed by atoms with Crippen molar-refractivity contribution in [2.75, 3.05) is 0 Å². The fourth-order valence-corrected chi connectivity index (χ4v) is 4.62. The van der Waals surface area contributed by atoms with E-state index in [0.717, 1.165) is 28.4 Å². The molecular weight excluding hydrogens is 443 g/mol. The highest BCUT2D eigenvalue weighted by atomic mass is 79.9. The van der Waals surface area contributed by atoms with Crippen molar-refractivity contribution < 1.29 is 14.0 Å². The summed E-state index contributed by atoms with van der Waals surface area (Å²) in [6, 6.07) is 21.7. The van der Waals surface area contributed by atoms with E-state index in [1.165, 1.54) is 17.7 Å². The minimum absolute atomic E-state index is 0.0195. The van der Waals surface area contributed by atoms with Crippen LogP contribution in [0.1, 0.15) is 56.5 Å². The van der Waals surface area contributed by atoms with Crippen LogP contribution in [-0.2, 0) is 0 Å². The third-order valence-electron chi connectivity index (χ3n) is 6.30. The van der Waals surface area contributed by atoms with Gasteiger partial charge in [-0.25, -0.2) is 4.39 Å². The molecule has 0 aromatic heterocycles. The van der Waals surface area contributed by atoms with E-state index in [2.05, 4.69) is 40.2 Å². The Kier molecular flexibility index (Phi) is 4.90. The number of hydrogen-bond acceptors (Lipinski definition) is 2. The van der Waals surface area contributed by atoms with Crippen molar-refractivity contribution in [3.8, 4) is 0 Å². The van der Waals surface area contributed by atoms with Crippen LogP contribution in [0.5, 0.6) is 0 Å². The van der Waals surface area contributed by atoms with Crippen LogP contribution in [0.15, 0.2) is 77.3 Å². The summed E-state index contributed by atoms with van der Waals surface area (Å²) in [5.41, 5.74) is 3.70. The Morgan fingerprint density at radius 1 is 0.667 bits per heavy atom. The van der Waals surface area contributed by atoms with Gasteiger partial charge in [0.15, 0.2) is 11.6 Å². The van der Waals surface area contributed by atoms with Gasteiger partial charge in [-0.1, -0.05) is 52.3 Å². The standard InChI is InChI=1S/C26H20BrFO2/c27-19-9-5-17(6-10-19)25(29)23-13-21(23)15-1-3-16(4-2-15)22-14-24(22)26(30)18-7-11-20(28)12-8-18/h1-12,21-24H,13-14H2/t21-,22+,23-,24+/m0/s1. The third kappa shape index (κ3) is 3.77. The fraction of sp³-hybridized carbons (Fsp3) is 0.231. The van der Waals surface area contributed by atoms with Crippen molar-refractivity contribution in [2.45, 2.75) is 24.7 Å². The predicted octanol–water partition coefficient (Wildman–Crippen LogP) is 6.56. The quantitative estimate of drug-likeness (QED) is 0.388. The van der Waals surface area contributed by atoms with E-state index in [0.29, 0.717) is 5.56 Å². The lowest BCUT2D eigenvalue weighted by Crippen LogP contribution is -2.03. The minimum atomic E-state index is -0.327. The minimum Gasteiger partial charge on any atom is -0.294 e. The average molecular weight is 463 g/mol. The molecule has 0 aliphatic heterocycles. The van der Waals surface area contributed by atoms with Crippen LogP contribution in [0, 0.1) is 17.7 Å². The summed E-state index contributed by atoms with van der Waals surface area (Å²) >= 11 is 3.40. The van der Waals surface area contributed by atoms with E-state index >= 15 is 0 Å². The number of carbonyl (C=O) groups is 2. The molecule has 2 nitrogen and oxygen atoms in total. The first-order chi connectivity index (χ1) is 14.5. The summed E-state index contributed by atoms with van der Waals surface area (Å²) < 4.78 is 14.0. The number of hydrogen-bond donors (Lipinski definition) is 0. The van der Waals surface area contributed by atoms with E-state index in [-0.39, 0.29) is 41.1 Å². The third-order valence-corrected chi connectivity index (χ3v) is 6.83. The molecule has 150 valence electrons. The Morgan fingerprint density at radius 2 is 1.07 bits per heavy atom. The number of carbonyl (C=O) groups excluding carboxylic acids is 2. The van der Waals surface area contributed by atoms with Gasteiger partial charge in [0.25, 0.3) is 0 Å². The number of Topliss-reactive ketones (excluding diaryl/α,β-unsaturated/α-hetero) is 2. The molecule has 0 bridgehead atoms. The summed E-state index contributed by atoms with van der Waals surface area (Å²) in [5.74, 6) is 0.531. The number of benzene rings is 3. The van der Waals surface area contributed by atoms with Crippen LogP contribution >= 0.6 is 15.9 Å². The van der Waals surface area contributed by atoms with Crippen LogP contribution in [0.4, 0.5) is 4.39 Å². The highest BCUT2D eigenvalue weighted by molar-refractivity contribution is 9.10. The van der Waals surface area contributed by atoms with E-state index in [4.69, 9.17) is 0 Å². The molecule has 0 heterocycles. The Balaban J connectivity index is 1.22. The average Bonchev–Trinajstić information content (AvgIpc) is 3.68. The van der Waals surface area contributed by atoms with E-state index in [9.17, 15) is 14.0 Å². The molecule has 3 aromatic rings. The Hall–Kier alpha value is -2.59. The topological polar surface area (TPSA) is 34.1 Å². The van der Waals surface area contributed by atoms with Gasteiger partial charge in [0.1, 0.15) is 5.82 Å². The maximum atomic E-state index is 13.1. The van der Waals surface area contributed by atoms with Crippen molar-refractivity contribution >= 4 is 27.5 Å². The van der Waals surface area contributed by atoms with Gasteiger partial charge in [-0.15, -0.1) is 0 Å². The lowest BCUT2D eigenvalue weighted by Gasteiger charge is -2.05. The van der Waals surface area contributed by atoms with Crippen molar-refractivity contribution in [3.05, 3.63) is 105 Å². The molecule has 4 heteroatoms. The van der Waals surface area contributed by atoms with Gasteiger partial charge in [-0.05, 0) is 72.2 Å². The van der Waals surface area contributed by atoms with Gasteiger partial charge in [-0.3, -0.25) is 9.59 Å². The lowest BCUT2D eigenvalue weighted by molar-refractivity contribution is 0.0957. The lowest BCUT2D eigenvalue weighted by atomic mass is 9.99. The normalized spacial score (nSPS) is 24.3. The molecule has 0 radical (unpaired) electrons. The van der Waals surface area contributed by atoms with Crippen molar-refractivity contribution in [2.24, 2.45) is 11.8 Å². The van der Waals surface area contributed by atoms with Crippen LogP contribution < -0.4 is 0 Å². The molecule has 0 N–H and O–H groups in total. The Labute approximate surface area is 183 Å². The zero-order chi connectivity index (χ0) is 20.8. The van der Waals surface area contributed by atoms with E-state index in [1.54, 1.807) is 12.1 Å². The van der Waals surface area contributed by atoms with Gasteiger partial charge in [0.2, 0.25) is 0 Å². The molecule has 3 aromatic carbocycles. The summed E-state index contributed by atoms with van der Waals surface area (Å²) in [4.78, 5) is 25.3. The molecule has 0 amide bonds. The predicted molar refractivity (Wildman–Crippen MR) is 117 cm³/mol. The molecule has 2 saturated carbocycles. The first kappa shape index (κ1) is 19.4. The highest BCUT2D eigenvalue weighted by Crippen LogP contribution is 2.52. The Morgan fingerprint density at radius 3 is 1.50 bits per heavy atom. The van der Waals surface area contributed by atoms with Crippen LogP contribution in [0.2, 0.25) is 0 Å². The van der Waals surface area contributed by atoms with Gasteiger partial charge in [0.05, 0.1) is 0 Å². The molecule has 2 fully saturated rings. The molecular formula is C26H20BrFO2. The van der Waals surface area contributed by atoms with Gasteiger partial charge >= 0.3 is 0 Å². The van der Waals surface area contributed by atoms with Gasteiger partial charge in [-0.2, -0.15) is 0 Å². The molecule has 0 spiro atoms. The molecule has 2 aliphatic rings. The number of halogens is 2. The second kappa shape index (κ2) is 7.59. The summed E-state index contributed by atoms with van der Waals surface area (Å²) in [6.45, 7) is 0. The van der Waals surface area contributed by atoms with E-state index in [1.807, 2.05) is 24.3 Å². The maximum absolute atomic E-state index is 13.1. The van der Waals surface area contributed by atoms with Crippen LogP contribution in [-0.4, -0.2) is 11.6 Å². The molecule has 0 saturated heterocycles. The fourth-order valence-electron chi connectivity index (χ4n) is 4.35. The van der Waals surface area contributed by atoms with Crippen LogP contribution in [0.3, 0.4) is 0 Å². The highest BCUT2D eigenvalue weighted by Gasteiger charge is 2.46. The summed E-state index contributed by atoms with van der Waals surface area (Å²) in [5, 5.41) is 0. The maximum Gasteiger partial charge on any atom is 0.166 e. The molecule has 4 atom stereocenters.